The van der Waals surface area contributed by atoms with Crippen molar-refractivity contribution >= 4 is 0 Å². The van der Waals surface area contributed by atoms with Crippen molar-refractivity contribution in [1.29, 1.82) is 0 Å². The molecule has 0 spiro atoms. The first kappa shape index (κ1) is 19.9. The molecule has 0 amide bonds. The fourth-order valence-electron chi connectivity index (χ4n) is 3.79. The van der Waals surface area contributed by atoms with Gasteiger partial charge in [0, 0.05) is 26.2 Å². The van der Waals surface area contributed by atoms with Gasteiger partial charge in [0.1, 0.15) is 5.67 Å². The molecule has 27 heavy (non-hydrogen) atoms. The molecule has 1 aliphatic heterocycles. The summed E-state index contributed by atoms with van der Waals surface area (Å²) >= 11 is 0. The topological polar surface area (TPSA) is 6.48 Å². The summed E-state index contributed by atoms with van der Waals surface area (Å²) in [4.78, 5) is 3.38. The number of halogens is 3. The third kappa shape index (κ3) is 5.56. The van der Waals surface area contributed by atoms with Crippen molar-refractivity contribution in [2.75, 3.05) is 19.6 Å². The maximum absolute atomic E-state index is 14.9. The zero-order chi connectivity index (χ0) is 19.5. The highest BCUT2D eigenvalue weighted by molar-refractivity contribution is 5.18. The smallest absolute Gasteiger partial charge is 0.276 e. The van der Waals surface area contributed by atoms with E-state index in [1.807, 2.05) is 65.6 Å². The summed E-state index contributed by atoms with van der Waals surface area (Å²) < 4.78 is 43.8. The molecule has 1 unspecified atom stereocenters. The molecule has 2 aromatic carbocycles. The lowest BCUT2D eigenvalue weighted by Gasteiger charge is -2.32. The fourth-order valence-corrected chi connectivity index (χ4v) is 3.79. The summed E-state index contributed by atoms with van der Waals surface area (Å²) in [7, 11) is 0. The van der Waals surface area contributed by atoms with E-state index in [2.05, 4.69) is 0 Å². The van der Waals surface area contributed by atoms with Gasteiger partial charge in [-0.3, -0.25) is 9.80 Å². The van der Waals surface area contributed by atoms with Crippen LogP contribution in [0.15, 0.2) is 60.7 Å². The Labute approximate surface area is 159 Å². The third-order valence-electron chi connectivity index (χ3n) is 4.85. The van der Waals surface area contributed by atoms with Gasteiger partial charge < -0.3 is 0 Å². The van der Waals surface area contributed by atoms with Crippen LogP contribution in [0.2, 0.25) is 0 Å². The first-order chi connectivity index (χ1) is 12.7. The number of hydrogen-bond acceptors (Lipinski definition) is 2. The van der Waals surface area contributed by atoms with Gasteiger partial charge in [0.05, 0.1) is 12.6 Å². The number of rotatable bonds is 7. The summed E-state index contributed by atoms with van der Waals surface area (Å²) in [5, 5.41) is 0. The number of likely N-dealkylation sites (tertiary alicyclic amines) is 1. The molecule has 0 N–H and O–H groups in total. The zero-order valence-corrected chi connectivity index (χ0v) is 15.9. The maximum atomic E-state index is 14.9. The molecule has 0 aliphatic carbocycles. The second-order valence-corrected chi connectivity index (χ2v) is 8.04. The van der Waals surface area contributed by atoms with E-state index in [0.717, 1.165) is 11.1 Å². The van der Waals surface area contributed by atoms with Crippen LogP contribution in [0.5, 0.6) is 0 Å². The Bertz CT molecular complexity index is 672. The van der Waals surface area contributed by atoms with Crippen LogP contribution in [-0.4, -0.2) is 47.1 Å². The van der Waals surface area contributed by atoms with Crippen LogP contribution in [0.4, 0.5) is 13.2 Å². The molecule has 0 aromatic heterocycles. The lowest BCUT2D eigenvalue weighted by atomic mass is 10.1. The maximum Gasteiger partial charge on any atom is 0.276 e. The van der Waals surface area contributed by atoms with Crippen LogP contribution >= 0.6 is 0 Å². The first-order valence-corrected chi connectivity index (χ1v) is 9.34. The van der Waals surface area contributed by atoms with Crippen LogP contribution in [0.3, 0.4) is 0 Å². The van der Waals surface area contributed by atoms with E-state index in [9.17, 15) is 13.2 Å². The lowest BCUT2D eigenvalue weighted by Crippen LogP contribution is -2.46. The van der Waals surface area contributed by atoms with Gasteiger partial charge >= 0.3 is 0 Å². The van der Waals surface area contributed by atoms with E-state index in [1.165, 1.54) is 13.8 Å². The molecule has 1 atom stereocenters. The zero-order valence-electron chi connectivity index (χ0n) is 15.9. The molecule has 1 aliphatic rings. The first-order valence-electron chi connectivity index (χ1n) is 9.34. The number of nitrogens with zero attached hydrogens (tertiary/aromatic N) is 2. The average Bonchev–Trinajstić information content (AvgIpc) is 2.88. The van der Waals surface area contributed by atoms with Crippen LogP contribution in [0.1, 0.15) is 25.0 Å². The van der Waals surface area contributed by atoms with Crippen molar-refractivity contribution < 1.29 is 13.2 Å². The molecule has 3 rings (SSSR count). The van der Waals surface area contributed by atoms with Crippen molar-refractivity contribution in [3.63, 3.8) is 0 Å². The molecule has 1 heterocycles. The summed E-state index contributed by atoms with van der Waals surface area (Å²) in [6.07, 6.45) is 0. The molecular weight excluding hydrogens is 349 g/mol. The van der Waals surface area contributed by atoms with Crippen molar-refractivity contribution in [3.8, 4) is 0 Å². The van der Waals surface area contributed by atoms with Gasteiger partial charge in [-0.1, -0.05) is 60.7 Å². The molecule has 2 aromatic rings. The molecular formula is C22H27F3N2. The quantitative estimate of drug-likeness (QED) is 0.688. The molecule has 0 saturated carbocycles. The van der Waals surface area contributed by atoms with E-state index in [1.54, 1.807) is 4.90 Å². The van der Waals surface area contributed by atoms with Crippen molar-refractivity contribution in [2.45, 2.75) is 44.6 Å². The molecule has 5 heteroatoms. The van der Waals surface area contributed by atoms with E-state index >= 15 is 0 Å². The minimum Gasteiger partial charge on any atom is -0.292 e. The monoisotopic (exact) mass is 376 g/mol. The predicted molar refractivity (Wildman–Crippen MR) is 102 cm³/mol. The fraction of sp³-hybridized carbons (Fsp3) is 0.455. The van der Waals surface area contributed by atoms with Crippen LogP contribution < -0.4 is 0 Å². The highest BCUT2D eigenvalue weighted by atomic mass is 19.3. The largest absolute Gasteiger partial charge is 0.292 e. The summed E-state index contributed by atoms with van der Waals surface area (Å²) in [6, 6.07) is 18.4. The Morgan fingerprint density at radius 1 is 0.963 bits per heavy atom. The second-order valence-electron chi connectivity index (χ2n) is 8.04. The van der Waals surface area contributed by atoms with Crippen molar-refractivity contribution in [2.24, 2.45) is 0 Å². The Morgan fingerprint density at radius 3 is 1.89 bits per heavy atom. The van der Waals surface area contributed by atoms with Gasteiger partial charge in [-0.05, 0) is 25.0 Å². The van der Waals surface area contributed by atoms with E-state index in [-0.39, 0.29) is 13.1 Å². The lowest BCUT2D eigenvalue weighted by molar-refractivity contribution is -0.0564. The third-order valence-corrected chi connectivity index (χ3v) is 4.85. The van der Waals surface area contributed by atoms with Gasteiger partial charge in [-0.25, -0.2) is 13.2 Å². The Balaban J connectivity index is 1.82. The molecule has 0 radical (unpaired) electrons. The minimum absolute atomic E-state index is 0.0175. The molecule has 1 saturated heterocycles. The van der Waals surface area contributed by atoms with Crippen molar-refractivity contribution in [3.05, 3.63) is 71.8 Å². The Kier molecular flexibility index (Phi) is 5.92. The van der Waals surface area contributed by atoms with Gasteiger partial charge in [-0.15, -0.1) is 0 Å². The molecule has 2 nitrogen and oxygen atoms in total. The summed E-state index contributed by atoms with van der Waals surface area (Å²) in [6.45, 7) is 3.52. The normalized spacial score (nSPS) is 20.3. The predicted octanol–water partition coefficient (Wildman–Crippen LogP) is 4.76. The molecule has 146 valence electrons. The van der Waals surface area contributed by atoms with Gasteiger partial charge in [-0.2, -0.15) is 0 Å². The van der Waals surface area contributed by atoms with Crippen LogP contribution in [0, 0.1) is 0 Å². The van der Waals surface area contributed by atoms with E-state index < -0.39 is 24.2 Å². The molecule has 0 bridgehead atoms. The SMILES string of the molecule is CC(C)(F)CN1CC(N(Cc2ccccc2)Cc2ccccc2)C(F)(F)C1. The number of benzene rings is 2. The standard InChI is InChI=1S/C22H27F3N2/c1-21(2,23)16-26-15-20(22(24,25)17-26)27(13-18-9-5-3-6-10-18)14-19-11-7-4-8-12-19/h3-12,20H,13-17H2,1-2H3. The highest BCUT2D eigenvalue weighted by Crippen LogP contribution is 2.34. The van der Waals surface area contributed by atoms with Gasteiger partial charge in [0.2, 0.25) is 0 Å². The van der Waals surface area contributed by atoms with Gasteiger partial charge in [0.15, 0.2) is 0 Å². The second kappa shape index (κ2) is 8.03. The highest BCUT2D eigenvalue weighted by Gasteiger charge is 2.51. The summed E-state index contributed by atoms with van der Waals surface area (Å²) in [5.41, 5.74) is 0.497. The summed E-state index contributed by atoms with van der Waals surface area (Å²) in [5.74, 6) is -2.88. The number of alkyl halides is 3. The van der Waals surface area contributed by atoms with Crippen molar-refractivity contribution in [1.82, 2.24) is 9.80 Å². The van der Waals surface area contributed by atoms with Crippen LogP contribution in [0.25, 0.3) is 0 Å². The van der Waals surface area contributed by atoms with Crippen LogP contribution in [-0.2, 0) is 13.1 Å². The Hall–Kier alpha value is -1.85. The Morgan fingerprint density at radius 2 is 1.44 bits per heavy atom. The van der Waals surface area contributed by atoms with Gasteiger partial charge in [0.25, 0.3) is 5.92 Å². The van der Waals surface area contributed by atoms with E-state index in [0.29, 0.717) is 13.1 Å². The minimum atomic E-state index is -2.88. The molecule has 1 fully saturated rings. The van der Waals surface area contributed by atoms with E-state index in [4.69, 9.17) is 0 Å². The number of hydrogen-bond donors (Lipinski definition) is 0. The average molecular weight is 376 g/mol.